The Labute approximate surface area is 74.2 Å². The average molecular weight is 160 g/mol. The van der Waals surface area contributed by atoms with Crippen molar-refractivity contribution in [1.82, 2.24) is 0 Å². The maximum absolute atomic E-state index is 5.75. The lowest BCUT2D eigenvalue weighted by molar-refractivity contribution is 0.138. The van der Waals surface area contributed by atoms with Crippen LogP contribution in [0, 0.1) is 0 Å². The van der Waals surface area contributed by atoms with E-state index in [4.69, 9.17) is 4.74 Å². The van der Waals surface area contributed by atoms with Crippen molar-refractivity contribution in [1.29, 1.82) is 0 Å². The summed E-state index contributed by atoms with van der Waals surface area (Å²) in [6.45, 7) is 4.25. The molecule has 0 saturated carbocycles. The van der Waals surface area contributed by atoms with Crippen molar-refractivity contribution in [3.05, 3.63) is 23.8 Å². The molecule has 62 valence electrons. The maximum atomic E-state index is 5.75. The van der Waals surface area contributed by atoms with Crippen LogP contribution in [0.4, 0.5) is 0 Å². The molecule has 0 spiro atoms. The van der Waals surface area contributed by atoms with Crippen molar-refractivity contribution in [3.63, 3.8) is 0 Å². The Morgan fingerprint density at radius 3 is 2.92 bits per heavy atom. The first-order valence-corrected chi connectivity index (χ1v) is 4.35. The summed E-state index contributed by atoms with van der Waals surface area (Å²) in [5.74, 6) is 1.06. The summed E-state index contributed by atoms with van der Waals surface area (Å²) in [5, 5.41) is 0. The lowest BCUT2D eigenvalue weighted by Gasteiger charge is -2.16. The van der Waals surface area contributed by atoms with Gasteiger partial charge in [-0.2, -0.15) is 0 Å². The summed E-state index contributed by atoms with van der Waals surface area (Å²) in [7, 11) is 2.12. The van der Waals surface area contributed by atoms with Crippen LogP contribution in [0.2, 0.25) is 0 Å². The molecule has 1 aliphatic heterocycles. The lowest BCUT2D eigenvalue weighted by atomic mass is 9.92. The molecule has 1 aromatic carbocycles. The quantitative estimate of drug-likeness (QED) is 0.506. The smallest absolute Gasteiger partial charge is 0.139 e. The minimum Gasteiger partial charge on any atom is -0.487 e. The summed E-state index contributed by atoms with van der Waals surface area (Å²) < 4.78 is 5.75. The molecule has 1 aromatic rings. The molecule has 0 atom stereocenters. The van der Waals surface area contributed by atoms with Crippen molar-refractivity contribution in [2.24, 2.45) is 0 Å². The fourth-order valence-corrected chi connectivity index (χ4v) is 1.74. The highest BCUT2D eigenvalue weighted by Crippen LogP contribution is 2.33. The Morgan fingerprint density at radius 1 is 1.42 bits per heavy atom. The van der Waals surface area contributed by atoms with Gasteiger partial charge in [-0.1, -0.05) is 17.6 Å². The molecule has 2 heteroatoms. The Balaban J connectivity index is 2.43. The number of ether oxygens (including phenoxy) is 1. The topological polar surface area (TPSA) is 9.23 Å². The second-order valence-electron chi connectivity index (χ2n) is 4.15. The van der Waals surface area contributed by atoms with Gasteiger partial charge < -0.3 is 4.74 Å². The maximum Gasteiger partial charge on any atom is 0.139 e. The molecule has 12 heavy (non-hydrogen) atoms. The molecule has 2 rings (SSSR count). The molecule has 0 N–H and O–H groups in total. The van der Waals surface area contributed by atoms with E-state index in [-0.39, 0.29) is 5.60 Å². The van der Waals surface area contributed by atoms with Crippen molar-refractivity contribution in [3.8, 4) is 5.75 Å². The summed E-state index contributed by atoms with van der Waals surface area (Å²) in [6, 6.07) is 6.38. The highest BCUT2D eigenvalue weighted by molar-refractivity contribution is 6.32. The minimum atomic E-state index is -0.00384. The summed E-state index contributed by atoms with van der Waals surface area (Å²) >= 11 is 0. The van der Waals surface area contributed by atoms with E-state index in [1.807, 2.05) is 0 Å². The fourth-order valence-electron chi connectivity index (χ4n) is 1.74. The molecule has 0 radical (unpaired) electrons. The van der Waals surface area contributed by atoms with Gasteiger partial charge in [0.15, 0.2) is 0 Å². The largest absolute Gasteiger partial charge is 0.487 e. The SMILES string of the molecule is Bc1ccc2c(c1)CC(C)(C)O2. The van der Waals surface area contributed by atoms with Crippen LogP contribution in [-0.4, -0.2) is 13.4 Å². The van der Waals surface area contributed by atoms with Crippen molar-refractivity contribution in [2.45, 2.75) is 25.9 Å². The number of benzene rings is 1. The van der Waals surface area contributed by atoms with Gasteiger partial charge in [0.25, 0.3) is 0 Å². The monoisotopic (exact) mass is 160 g/mol. The van der Waals surface area contributed by atoms with Gasteiger partial charge in [-0.15, -0.1) is 0 Å². The molecule has 0 amide bonds. The lowest BCUT2D eigenvalue weighted by Crippen LogP contribution is -2.24. The first-order valence-electron chi connectivity index (χ1n) is 4.35. The first-order chi connectivity index (χ1) is 5.57. The second kappa shape index (κ2) is 2.29. The minimum absolute atomic E-state index is 0.00384. The van der Waals surface area contributed by atoms with Gasteiger partial charge >= 0.3 is 0 Å². The number of hydrogen-bond acceptors (Lipinski definition) is 1. The van der Waals surface area contributed by atoms with Gasteiger partial charge in [0.2, 0.25) is 0 Å². The Hall–Kier alpha value is -0.915. The van der Waals surface area contributed by atoms with Gasteiger partial charge in [0.1, 0.15) is 19.2 Å². The van der Waals surface area contributed by atoms with E-state index < -0.39 is 0 Å². The van der Waals surface area contributed by atoms with Crippen molar-refractivity contribution >= 4 is 13.3 Å². The van der Waals surface area contributed by atoms with E-state index in [9.17, 15) is 0 Å². The molecule has 0 fully saturated rings. The molecule has 0 aromatic heterocycles. The molecule has 0 saturated heterocycles. The average Bonchev–Trinajstić information content (AvgIpc) is 2.21. The zero-order chi connectivity index (χ0) is 8.77. The van der Waals surface area contributed by atoms with Crippen LogP contribution in [0.3, 0.4) is 0 Å². The zero-order valence-corrected chi connectivity index (χ0v) is 7.85. The predicted molar refractivity (Wildman–Crippen MR) is 53.0 cm³/mol. The third-order valence-corrected chi connectivity index (χ3v) is 2.22. The first kappa shape index (κ1) is 7.72. The molecule has 1 aliphatic rings. The molecule has 1 heterocycles. The zero-order valence-electron chi connectivity index (χ0n) is 7.85. The summed E-state index contributed by atoms with van der Waals surface area (Å²) in [6.07, 6.45) is 1.03. The molecule has 0 aliphatic carbocycles. The second-order valence-corrected chi connectivity index (χ2v) is 4.15. The predicted octanol–water partition coefficient (Wildman–Crippen LogP) is 0.658. The van der Waals surface area contributed by atoms with E-state index in [2.05, 4.69) is 39.9 Å². The molecule has 1 nitrogen and oxygen atoms in total. The van der Waals surface area contributed by atoms with E-state index in [1.54, 1.807) is 0 Å². The van der Waals surface area contributed by atoms with Gasteiger partial charge in [0.05, 0.1) is 0 Å². The van der Waals surface area contributed by atoms with Crippen LogP contribution in [0.15, 0.2) is 18.2 Å². The van der Waals surface area contributed by atoms with Crippen LogP contribution in [0.25, 0.3) is 0 Å². The third-order valence-electron chi connectivity index (χ3n) is 2.22. The van der Waals surface area contributed by atoms with Crippen molar-refractivity contribution in [2.75, 3.05) is 0 Å². The highest BCUT2D eigenvalue weighted by atomic mass is 16.5. The Morgan fingerprint density at radius 2 is 2.17 bits per heavy atom. The molecular formula is C10H13BO. The van der Waals surface area contributed by atoms with Gasteiger partial charge in [-0.25, -0.2) is 0 Å². The standard InChI is InChI=1S/C10H13BO/c1-10(2)6-7-5-8(11)3-4-9(7)12-10/h3-5H,6,11H2,1-2H3. The number of rotatable bonds is 0. The number of fused-ring (bicyclic) bond motifs is 1. The molecular weight excluding hydrogens is 147 g/mol. The van der Waals surface area contributed by atoms with Crippen LogP contribution in [-0.2, 0) is 6.42 Å². The molecule has 0 bridgehead atoms. The van der Waals surface area contributed by atoms with Crippen molar-refractivity contribution < 1.29 is 4.74 Å². The Kier molecular flexibility index (Phi) is 1.47. The van der Waals surface area contributed by atoms with E-state index >= 15 is 0 Å². The van der Waals surface area contributed by atoms with Gasteiger partial charge in [0, 0.05) is 6.42 Å². The van der Waals surface area contributed by atoms with Crippen LogP contribution >= 0.6 is 0 Å². The van der Waals surface area contributed by atoms with E-state index in [0.717, 1.165) is 12.2 Å². The van der Waals surface area contributed by atoms with Crippen LogP contribution in [0.1, 0.15) is 19.4 Å². The summed E-state index contributed by atoms with van der Waals surface area (Å²) in [5.41, 5.74) is 2.66. The Bertz CT molecular complexity index is 318. The van der Waals surface area contributed by atoms with E-state index in [1.165, 1.54) is 11.0 Å². The molecule has 0 unspecified atom stereocenters. The van der Waals surface area contributed by atoms with E-state index in [0.29, 0.717) is 0 Å². The number of hydrogen-bond donors (Lipinski definition) is 0. The highest BCUT2D eigenvalue weighted by Gasteiger charge is 2.29. The van der Waals surface area contributed by atoms with Crippen LogP contribution in [0.5, 0.6) is 5.75 Å². The third kappa shape index (κ3) is 1.22. The van der Waals surface area contributed by atoms with Gasteiger partial charge in [-0.3, -0.25) is 0 Å². The van der Waals surface area contributed by atoms with Crippen LogP contribution < -0.4 is 10.2 Å². The van der Waals surface area contributed by atoms with Gasteiger partial charge in [-0.05, 0) is 25.5 Å². The fraction of sp³-hybridized carbons (Fsp3) is 0.400. The summed E-state index contributed by atoms with van der Waals surface area (Å²) in [4.78, 5) is 0. The normalized spacial score (nSPS) is 18.5.